The number of halogens is 3. The maximum atomic E-state index is 14.3. The van der Waals surface area contributed by atoms with Crippen molar-refractivity contribution < 1.29 is 23.8 Å². The fourth-order valence-corrected chi connectivity index (χ4v) is 4.49. The number of para-hydroxylation sites is 1. The first kappa shape index (κ1) is 24.4. The fourth-order valence-electron chi connectivity index (χ4n) is 3.92. The maximum absolute atomic E-state index is 14.3. The molecule has 0 saturated heterocycles. The number of ether oxygens (including phenoxy) is 1. The lowest BCUT2D eigenvalue weighted by Crippen LogP contribution is -2.42. The van der Waals surface area contributed by atoms with Crippen LogP contribution in [0.15, 0.2) is 66.9 Å². The van der Waals surface area contributed by atoms with E-state index in [4.69, 9.17) is 27.9 Å². The number of benzene rings is 3. The summed E-state index contributed by atoms with van der Waals surface area (Å²) in [5, 5.41) is 13.2. The second kappa shape index (κ2) is 10.3. The Bertz CT molecular complexity index is 1420. The number of aliphatic carboxylic acids is 1. The molecule has 4 aromatic rings. The van der Waals surface area contributed by atoms with Crippen LogP contribution in [0, 0.1) is 5.82 Å². The largest absolute Gasteiger partial charge is 0.493 e. The molecular formula is C26H19Cl2FN2O4. The summed E-state index contributed by atoms with van der Waals surface area (Å²) in [7, 11) is 1.39. The molecule has 0 radical (unpaired) electrons. The van der Waals surface area contributed by atoms with Crippen molar-refractivity contribution in [2.75, 3.05) is 7.11 Å². The van der Waals surface area contributed by atoms with Gasteiger partial charge in [0.25, 0.3) is 5.91 Å². The number of carbonyl (C=O) groups excluding carboxylic acids is 1. The molecule has 0 aliphatic rings. The van der Waals surface area contributed by atoms with Crippen molar-refractivity contribution >= 4 is 46.0 Å². The number of hydrogen-bond donors (Lipinski definition) is 2. The zero-order chi connectivity index (χ0) is 25.1. The Hall–Kier alpha value is -3.68. The highest BCUT2D eigenvalue weighted by atomic mass is 35.5. The summed E-state index contributed by atoms with van der Waals surface area (Å²) in [6.07, 6.45) is 1.52. The molecule has 0 aliphatic heterocycles. The van der Waals surface area contributed by atoms with E-state index in [-0.39, 0.29) is 27.8 Å². The van der Waals surface area contributed by atoms with Crippen molar-refractivity contribution in [1.29, 1.82) is 0 Å². The Morgan fingerprint density at radius 3 is 2.43 bits per heavy atom. The van der Waals surface area contributed by atoms with Crippen LogP contribution in [0.4, 0.5) is 4.39 Å². The van der Waals surface area contributed by atoms with Crippen LogP contribution < -0.4 is 10.1 Å². The third-order valence-corrected chi connectivity index (χ3v) is 6.16. The van der Waals surface area contributed by atoms with E-state index in [0.29, 0.717) is 27.6 Å². The van der Waals surface area contributed by atoms with Gasteiger partial charge in [0.05, 0.1) is 28.2 Å². The van der Waals surface area contributed by atoms with Crippen LogP contribution in [0.1, 0.15) is 15.9 Å². The highest BCUT2D eigenvalue weighted by molar-refractivity contribution is 6.39. The first-order valence-corrected chi connectivity index (χ1v) is 11.2. The molecule has 2 N–H and O–H groups in total. The summed E-state index contributed by atoms with van der Waals surface area (Å²) in [5.74, 6) is -2.34. The number of rotatable bonds is 7. The second-order valence-electron chi connectivity index (χ2n) is 7.66. The number of nitrogens with zero attached hydrogens (tertiary/aromatic N) is 1. The number of aromatic nitrogens is 1. The number of fused-ring (bicyclic) bond motifs is 1. The smallest absolute Gasteiger partial charge is 0.326 e. The first-order valence-electron chi connectivity index (χ1n) is 10.5. The van der Waals surface area contributed by atoms with Crippen LogP contribution in [-0.2, 0) is 11.2 Å². The number of amides is 1. The van der Waals surface area contributed by atoms with Gasteiger partial charge in [0, 0.05) is 23.6 Å². The molecule has 1 unspecified atom stereocenters. The van der Waals surface area contributed by atoms with Crippen molar-refractivity contribution in [2.45, 2.75) is 12.5 Å². The van der Waals surface area contributed by atoms with E-state index in [0.717, 1.165) is 0 Å². The third kappa shape index (κ3) is 4.92. The summed E-state index contributed by atoms with van der Waals surface area (Å²) in [4.78, 5) is 29.3. The molecule has 0 spiro atoms. The average Bonchev–Trinajstić information content (AvgIpc) is 2.83. The Balaban J connectivity index is 1.72. The number of carboxylic acids is 1. The molecule has 0 fully saturated rings. The predicted octanol–water partition coefficient (Wildman–Crippen LogP) is 5.78. The van der Waals surface area contributed by atoms with Gasteiger partial charge in [0.1, 0.15) is 6.04 Å². The molecule has 9 heteroatoms. The molecule has 6 nitrogen and oxygen atoms in total. The molecule has 1 heterocycles. The van der Waals surface area contributed by atoms with Crippen molar-refractivity contribution in [3.05, 3.63) is 93.8 Å². The highest BCUT2D eigenvalue weighted by Gasteiger charge is 2.25. The van der Waals surface area contributed by atoms with E-state index in [1.807, 2.05) is 6.07 Å². The number of nitrogens with one attached hydrogen (secondary N) is 1. The molecule has 1 aromatic heterocycles. The Morgan fingerprint density at radius 1 is 1.03 bits per heavy atom. The van der Waals surface area contributed by atoms with Gasteiger partial charge < -0.3 is 15.2 Å². The molecule has 0 aliphatic carbocycles. The van der Waals surface area contributed by atoms with Gasteiger partial charge in [-0.1, -0.05) is 59.6 Å². The SMILES string of the molecule is COc1c(F)cccc1-c1ccc(CC(NC(=O)c2c(Cl)cccc2Cl)C(=O)O)c2ncccc12. The number of carboxylic acid groups (broad SMARTS) is 1. The lowest BCUT2D eigenvalue weighted by Gasteiger charge is -2.18. The first-order chi connectivity index (χ1) is 16.8. The molecule has 35 heavy (non-hydrogen) atoms. The lowest BCUT2D eigenvalue weighted by atomic mass is 9.94. The Morgan fingerprint density at radius 2 is 1.74 bits per heavy atom. The van der Waals surface area contributed by atoms with Crippen molar-refractivity contribution in [2.24, 2.45) is 0 Å². The molecule has 0 saturated carbocycles. The quantitative estimate of drug-likeness (QED) is 0.327. The van der Waals surface area contributed by atoms with E-state index in [1.165, 1.54) is 25.3 Å². The summed E-state index contributed by atoms with van der Waals surface area (Å²) in [6, 6.07) is 14.9. The summed E-state index contributed by atoms with van der Waals surface area (Å²) in [5.41, 5.74) is 2.31. The topological polar surface area (TPSA) is 88.5 Å². The van der Waals surface area contributed by atoms with Crippen LogP contribution in [0.25, 0.3) is 22.0 Å². The van der Waals surface area contributed by atoms with E-state index in [2.05, 4.69) is 10.3 Å². The van der Waals surface area contributed by atoms with Crippen LogP contribution in [0.5, 0.6) is 5.75 Å². The minimum Gasteiger partial charge on any atom is -0.493 e. The summed E-state index contributed by atoms with van der Waals surface area (Å²) < 4.78 is 19.6. The van der Waals surface area contributed by atoms with E-state index in [1.54, 1.807) is 42.6 Å². The van der Waals surface area contributed by atoms with E-state index >= 15 is 0 Å². The monoisotopic (exact) mass is 512 g/mol. The molecular weight excluding hydrogens is 494 g/mol. The van der Waals surface area contributed by atoms with Gasteiger partial charge in [-0.05, 0) is 35.4 Å². The van der Waals surface area contributed by atoms with Crippen LogP contribution >= 0.6 is 23.2 Å². The molecule has 0 bridgehead atoms. The Labute approximate surface area is 210 Å². The lowest BCUT2D eigenvalue weighted by molar-refractivity contribution is -0.139. The number of methoxy groups -OCH3 is 1. The molecule has 1 atom stereocenters. The minimum atomic E-state index is -1.28. The van der Waals surface area contributed by atoms with Gasteiger partial charge in [-0.15, -0.1) is 0 Å². The number of hydrogen-bond acceptors (Lipinski definition) is 4. The standard InChI is InChI=1S/C26H19Cl2FN2O4/c1-35-24-17(5-2-9-20(24)29)15-11-10-14(23-16(15)6-4-12-30-23)13-21(26(33)34)31-25(32)22-18(27)7-3-8-19(22)28/h2-12,21H,13H2,1H3,(H,31,32)(H,33,34). The van der Waals surface area contributed by atoms with Crippen molar-refractivity contribution in [1.82, 2.24) is 10.3 Å². The Kier molecular flexibility index (Phi) is 7.19. The average molecular weight is 513 g/mol. The second-order valence-corrected chi connectivity index (χ2v) is 8.47. The summed E-state index contributed by atoms with van der Waals surface area (Å²) >= 11 is 12.2. The summed E-state index contributed by atoms with van der Waals surface area (Å²) in [6.45, 7) is 0. The molecule has 1 amide bonds. The maximum Gasteiger partial charge on any atom is 0.326 e. The molecule has 3 aromatic carbocycles. The predicted molar refractivity (Wildman–Crippen MR) is 133 cm³/mol. The third-order valence-electron chi connectivity index (χ3n) is 5.53. The van der Waals surface area contributed by atoms with Gasteiger partial charge in [-0.2, -0.15) is 0 Å². The molecule has 4 rings (SSSR count). The van der Waals surface area contributed by atoms with Crippen molar-refractivity contribution in [3.8, 4) is 16.9 Å². The van der Waals surface area contributed by atoms with Crippen LogP contribution in [-0.4, -0.2) is 35.1 Å². The van der Waals surface area contributed by atoms with E-state index < -0.39 is 23.7 Å². The van der Waals surface area contributed by atoms with E-state index in [9.17, 15) is 19.1 Å². The van der Waals surface area contributed by atoms with Gasteiger partial charge in [0.2, 0.25) is 0 Å². The van der Waals surface area contributed by atoms with Gasteiger partial charge >= 0.3 is 5.97 Å². The normalized spacial score (nSPS) is 11.8. The zero-order valence-corrected chi connectivity index (χ0v) is 19.9. The fraction of sp³-hybridized carbons (Fsp3) is 0.115. The van der Waals surface area contributed by atoms with Crippen LogP contribution in [0.2, 0.25) is 10.0 Å². The minimum absolute atomic E-state index is 0.00128. The van der Waals surface area contributed by atoms with Crippen LogP contribution in [0.3, 0.4) is 0 Å². The number of carbonyl (C=O) groups is 2. The number of pyridine rings is 1. The molecule has 178 valence electrons. The van der Waals surface area contributed by atoms with Gasteiger partial charge in [-0.3, -0.25) is 9.78 Å². The zero-order valence-electron chi connectivity index (χ0n) is 18.4. The highest BCUT2D eigenvalue weighted by Crippen LogP contribution is 2.37. The van der Waals surface area contributed by atoms with Crippen molar-refractivity contribution in [3.63, 3.8) is 0 Å². The van der Waals surface area contributed by atoms with Gasteiger partial charge in [0.15, 0.2) is 11.6 Å². The van der Waals surface area contributed by atoms with Gasteiger partial charge in [-0.25, -0.2) is 9.18 Å².